The Labute approximate surface area is 104 Å². The average molecular weight is 254 g/mol. The van der Waals surface area contributed by atoms with Crippen LogP contribution in [0.25, 0.3) is 0 Å². The number of rotatable bonds is 2. The zero-order chi connectivity index (χ0) is 11.7. The van der Waals surface area contributed by atoms with Gasteiger partial charge in [-0.25, -0.2) is 0 Å². The van der Waals surface area contributed by atoms with Crippen molar-refractivity contribution in [3.05, 3.63) is 35.1 Å². The van der Waals surface area contributed by atoms with E-state index in [4.69, 9.17) is 17.3 Å². The summed E-state index contributed by atoms with van der Waals surface area (Å²) in [4.78, 5) is 2.19. The maximum absolute atomic E-state index is 6.00. The summed E-state index contributed by atoms with van der Waals surface area (Å²) in [5.41, 5.74) is 7.47. The molecule has 0 bridgehead atoms. The van der Waals surface area contributed by atoms with Crippen molar-refractivity contribution >= 4 is 29.1 Å². The molecule has 0 fully saturated rings. The third-order valence-corrected chi connectivity index (χ3v) is 3.64. The van der Waals surface area contributed by atoms with Gasteiger partial charge in [-0.05, 0) is 24.6 Å². The van der Waals surface area contributed by atoms with Gasteiger partial charge in [0.05, 0.1) is 21.8 Å². The van der Waals surface area contributed by atoms with E-state index >= 15 is 0 Å². The molecule has 1 aromatic heterocycles. The first-order chi connectivity index (χ1) is 7.56. The largest absolute Gasteiger partial charge is 0.398 e. The number of aryl methyl sites for hydroxylation is 2. The van der Waals surface area contributed by atoms with E-state index < -0.39 is 0 Å². The summed E-state index contributed by atoms with van der Waals surface area (Å²) >= 11 is 7.63. The highest BCUT2D eigenvalue weighted by Gasteiger charge is 2.06. The third-order valence-electron chi connectivity index (χ3n) is 2.20. The molecule has 16 heavy (non-hydrogen) atoms. The fraction of sp³-hybridized carbons (Fsp3) is 0.182. The molecule has 2 rings (SSSR count). The molecule has 0 unspecified atom stereocenters. The minimum Gasteiger partial charge on any atom is -0.398 e. The predicted octanol–water partition coefficient (Wildman–Crippen LogP) is 3.12. The standard InChI is InChI=1S/C11H12ClN3S/c1-7-3-10(13)9(12)4-11(7)16-8-5-14-15(2)6-8/h3-6H,13H2,1-2H3. The number of benzene rings is 1. The molecule has 1 aromatic carbocycles. The molecule has 0 saturated carbocycles. The number of hydrogen-bond acceptors (Lipinski definition) is 3. The molecule has 0 radical (unpaired) electrons. The highest BCUT2D eigenvalue weighted by atomic mass is 35.5. The average Bonchev–Trinajstić information content (AvgIpc) is 2.60. The van der Waals surface area contributed by atoms with Crippen LogP contribution in [0.3, 0.4) is 0 Å². The van der Waals surface area contributed by atoms with Crippen molar-refractivity contribution < 1.29 is 0 Å². The first-order valence-electron chi connectivity index (χ1n) is 4.78. The summed E-state index contributed by atoms with van der Waals surface area (Å²) in [6.07, 6.45) is 3.79. The van der Waals surface area contributed by atoms with Crippen molar-refractivity contribution in [3.8, 4) is 0 Å². The lowest BCUT2D eigenvalue weighted by atomic mass is 10.2. The first kappa shape index (κ1) is 11.4. The topological polar surface area (TPSA) is 43.8 Å². The summed E-state index contributed by atoms with van der Waals surface area (Å²) in [5.74, 6) is 0. The fourth-order valence-electron chi connectivity index (χ4n) is 1.37. The molecular formula is C11H12ClN3S. The molecule has 3 nitrogen and oxygen atoms in total. The van der Waals surface area contributed by atoms with E-state index in [0.717, 1.165) is 15.4 Å². The molecule has 0 aliphatic carbocycles. The van der Waals surface area contributed by atoms with Crippen LogP contribution in [0.2, 0.25) is 5.02 Å². The second-order valence-electron chi connectivity index (χ2n) is 3.59. The van der Waals surface area contributed by atoms with Gasteiger partial charge in [0.25, 0.3) is 0 Å². The maximum Gasteiger partial charge on any atom is 0.0646 e. The number of nitrogens with two attached hydrogens (primary N) is 1. The van der Waals surface area contributed by atoms with Crippen LogP contribution in [0.1, 0.15) is 5.56 Å². The highest BCUT2D eigenvalue weighted by molar-refractivity contribution is 7.99. The minimum atomic E-state index is 0.594. The van der Waals surface area contributed by atoms with Gasteiger partial charge in [0, 0.05) is 18.1 Å². The van der Waals surface area contributed by atoms with E-state index in [9.17, 15) is 0 Å². The second-order valence-corrected chi connectivity index (χ2v) is 5.11. The van der Waals surface area contributed by atoms with Crippen LogP contribution < -0.4 is 5.73 Å². The van der Waals surface area contributed by atoms with Crippen molar-refractivity contribution in [3.63, 3.8) is 0 Å². The lowest BCUT2D eigenvalue weighted by Crippen LogP contribution is -1.89. The molecule has 2 N–H and O–H groups in total. The van der Waals surface area contributed by atoms with Gasteiger partial charge in [-0.1, -0.05) is 23.4 Å². The van der Waals surface area contributed by atoms with Crippen LogP contribution in [-0.4, -0.2) is 9.78 Å². The smallest absolute Gasteiger partial charge is 0.0646 e. The Morgan fingerprint density at radius 3 is 2.81 bits per heavy atom. The summed E-state index contributed by atoms with van der Waals surface area (Å²) in [6.45, 7) is 2.02. The zero-order valence-corrected chi connectivity index (χ0v) is 10.6. The molecule has 0 amide bonds. The maximum atomic E-state index is 6.00. The van der Waals surface area contributed by atoms with Crippen LogP contribution in [0.5, 0.6) is 0 Å². The third kappa shape index (κ3) is 2.33. The number of hydrogen-bond donors (Lipinski definition) is 1. The van der Waals surface area contributed by atoms with Crippen molar-refractivity contribution in [1.82, 2.24) is 9.78 Å². The number of nitrogens with zero attached hydrogens (tertiary/aromatic N) is 2. The van der Waals surface area contributed by atoms with Gasteiger partial charge in [0.1, 0.15) is 0 Å². The van der Waals surface area contributed by atoms with Crippen LogP contribution in [0.4, 0.5) is 5.69 Å². The summed E-state index contributed by atoms with van der Waals surface area (Å²) < 4.78 is 1.77. The molecule has 0 saturated heterocycles. The predicted molar refractivity (Wildman–Crippen MR) is 67.9 cm³/mol. The van der Waals surface area contributed by atoms with E-state index in [-0.39, 0.29) is 0 Å². The molecule has 5 heteroatoms. The van der Waals surface area contributed by atoms with Crippen LogP contribution in [0.15, 0.2) is 34.3 Å². The van der Waals surface area contributed by atoms with Gasteiger partial charge < -0.3 is 5.73 Å². The SMILES string of the molecule is Cc1cc(N)c(Cl)cc1Sc1cnn(C)c1. The second kappa shape index (κ2) is 4.39. The molecule has 1 heterocycles. The van der Waals surface area contributed by atoms with Crippen LogP contribution in [-0.2, 0) is 7.05 Å². The van der Waals surface area contributed by atoms with E-state index in [2.05, 4.69) is 5.10 Å². The summed E-state index contributed by atoms with van der Waals surface area (Å²) in [7, 11) is 1.90. The van der Waals surface area contributed by atoms with Crippen molar-refractivity contribution in [2.75, 3.05) is 5.73 Å². The van der Waals surface area contributed by atoms with E-state index in [1.54, 1.807) is 16.4 Å². The van der Waals surface area contributed by atoms with Gasteiger partial charge >= 0.3 is 0 Å². The molecule has 0 atom stereocenters. The summed E-state index contributed by atoms with van der Waals surface area (Å²) in [6, 6.07) is 3.78. The normalized spacial score (nSPS) is 10.7. The Bertz CT molecular complexity index is 522. The van der Waals surface area contributed by atoms with E-state index in [0.29, 0.717) is 10.7 Å². The van der Waals surface area contributed by atoms with Crippen molar-refractivity contribution in [2.45, 2.75) is 16.7 Å². The first-order valence-corrected chi connectivity index (χ1v) is 5.98. The molecule has 0 aliphatic heterocycles. The van der Waals surface area contributed by atoms with Crippen LogP contribution in [0, 0.1) is 6.92 Å². The van der Waals surface area contributed by atoms with Gasteiger partial charge in [0.15, 0.2) is 0 Å². The summed E-state index contributed by atoms with van der Waals surface area (Å²) in [5, 5.41) is 4.72. The number of anilines is 1. The molecule has 0 aliphatic rings. The quantitative estimate of drug-likeness (QED) is 0.837. The fourth-order valence-corrected chi connectivity index (χ4v) is 2.56. The van der Waals surface area contributed by atoms with Gasteiger partial charge in [-0.15, -0.1) is 0 Å². The highest BCUT2D eigenvalue weighted by Crippen LogP contribution is 2.34. The Morgan fingerprint density at radius 2 is 2.19 bits per heavy atom. The number of nitrogen functional groups attached to an aromatic ring is 1. The molecule has 84 valence electrons. The van der Waals surface area contributed by atoms with E-state index in [1.807, 2.05) is 38.5 Å². The Kier molecular flexibility index (Phi) is 3.12. The lowest BCUT2D eigenvalue weighted by Gasteiger charge is -2.06. The number of halogens is 1. The van der Waals surface area contributed by atoms with E-state index in [1.165, 1.54) is 0 Å². The van der Waals surface area contributed by atoms with Gasteiger partial charge in [-0.2, -0.15) is 5.10 Å². The monoisotopic (exact) mass is 253 g/mol. The van der Waals surface area contributed by atoms with Crippen molar-refractivity contribution in [2.24, 2.45) is 7.05 Å². The minimum absolute atomic E-state index is 0.594. The molecular weight excluding hydrogens is 242 g/mol. The Hall–Kier alpha value is -1.13. The Balaban J connectivity index is 2.31. The number of aromatic nitrogens is 2. The van der Waals surface area contributed by atoms with Crippen molar-refractivity contribution in [1.29, 1.82) is 0 Å². The van der Waals surface area contributed by atoms with Crippen LogP contribution >= 0.6 is 23.4 Å². The van der Waals surface area contributed by atoms with Gasteiger partial charge in [0.2, 0.25) is 0 Å². The Morgan fingerprint density at radius 1 is 1.44 bits per heavy atom. The molecule has 0 spiro atoms. The van der Waals surface area contributed by atoms with Gasteiger partial charge in [-0.3, -0.25) is 4.68 Å². The lowest BCUT2D eigenvalue weighted by molar-refractivity contribution is 0.766. The molecule has 2 aromatic rings. The zero-order valence-electron chi connectivity index (χ0n) is 9.07.